The summed E-state index contributed by atoms with van der Waals surface area (Å²) in [6, 6.07) is 8.41. The fourth-order valence-corrected chi connectivity index (χ4v) is 2.72. The van der Waals surface area contributed by atoms with E-state index in [1.807, 2.05) is 6.07 Å². The third-order valence-corrected chi connectivity index (χ3v) is 4.18. The molecule has 0 spiro atoms. The van der Waals surface area contributed by atoms with E-state index in [-0.39, 0.29) is 17.7 Å². The summed E-state index contributed by atoms with van der Waals surface area (Å²) in [7, 11) is 0. The second-order valence-corrected chi connectivity index (χ2v) is 6.15. The minimum absolute atomic E-state index is 0.0648. The molecule has 1 amide bonds. The molecule has 1 aromatic carbocycles. The summed E-state index contributed by atoms with van der Waals surface area (Å²) in [5.74, 6) is -1.11. The topological polar surface area (TPSA) is 104 Å². The Morgan fingerprint density at radius 1 is 1.32 bits per heavy atom. The van der Waals surface area contributed by atoms with E-state index in [2.05, 4.69) is 15.5 Å². The molecular weight excluding hydrogens is 360 g/mol. The largest absolute Gasteiger partial charge is 0.462 e. The van der Waals surface area contributed by atoms with Gasteiger partial charge in [-0.1, -0.05) is 12.1 Å². The Hall–Kier alpha value is -2.89. The number of para-hydroxylation sites is 1. The molecule has 1 aliphatic heterocycles. The van der Waals surface area contributed by atoms with Crippen molar-refractivity contribution in [3.05, 3.63) is 41.6 Å². The molecule has 1 fully saturated rings. The lowest BCUT2D eigenvalue weighted by Crippen LogP contribution is -2.37. The molecular formula is C20H26N4O4. The van der Waals surface area contributed by atoms with Crippen molar-refractivity contribution in [2.75, 3.05) is 51.3 Å². The molecule has 2 N–H and O–H groups in total. The number of hydrogen-bond donors (Lipinski definition) is 2. The van der Waals surface area contributed by atoms with Crippen LogP contribution in [0.2, 0.25) is 0 Å². The zero-order valence-corrected chi connectivity index (χ0v) is 16.1. The molecule has 8 heteroatoms. The van der Waals surface area contributed by atoms with Crippen LogP contribution in [0.3, 0.4) is 0 Å². The van der Waals surface area contributed by atoms with Crippen LogP contribution >= 0.6 is 0 Å². The Morgan fingerprint density at radius 3 is 2.79 bits per heavy atom. The molecule has 0 bridgehead atoms. The highest BCUT2D eigenvalue weighted by molar-refractivity contribution is 6.09. The number of hydrogen-bond acceptors (Lipinski definition) is 7. The Balaban J connectivity index is 1.86. The van der Waals surface area contributed by atoms with Gasteiger partial charge < -0.3 is 20.1 Å². The monoisotopic (exact) mass is 386 g/mol. The SMILES string of the molecule is CCOC(=O)c1ccccc1NC(=O)/C(C#N)=C\NCCCN1CCOCC1. The third-order valence-electron chi connectivity index (χ3n) is 4.18. The molecule has 1 heterocycles. The lowest BCUT2D eigenvalue weighted by molar-refractivity contribution is -0.112. The van der Waals surface area contributed by atoms with E-state index < -0.39 is 11.9 Å². The fourth-order valence-electron chi connectivity index (χ4n) is 2.72. The van der Waals surface area contributed by atoms with Crippen molar-refractivity contribution in [1.29, 1.82) is 5.26 Å². The molecule has 0 aromatic heterocycles. The van der Waals surface area contributed by atoms with Crippen LogP contribution in [0.4, 0.5) is 5.69 Å². The number of carbonyl (C=O) groups is 2. The van der Waals surface area contributed by atoms with Crippen molar-refractivity contribution in [3.8, 4) is 6.07 Å². The zero-order chi connectivity index (χ0) is 20.2. The molecule has 0 atom stereocenters. The first-order chi connectivity index (χ1) is 13.7. The van der Waals surface area contributed by atoms with Gasteiger partial charge in [0.1, 0.15) is 11.6 Å². The van der Waals surface area contributed by atoms with E-state index in [0.29, 0.717) is 12.2 Å². The molecule has 0 unspecified atom stereocenters. The van der Waals surface area contributed by atoms with Crippen LogP contribution in [-0.2, 0) is 14.3 Å². The van der Waals surface area contributed by atoms with Gasteiger partial charge in [-0.15, -0.1) is 0 Å². The van der Waals surface area contributed by atoms with Crippen LogP contribution in [-0.4, -0.2) is 62.8 Å². The lowest BCUT2D eigenvalue weighted by Gasteiger charge is -2.26. The molecule has 8 nitrogen and oxygen atoms in total. The Morgan fingerprint density at radius 2 is 2.07 bits per heavy atom. The predicted molar refractivity (Wildman–Crippen MR) is 105 cm³/mol. The number of amides is 1. The van der Waals surface area contributed by atoms with Crippen molar-refractivity contribution in [1.82, 2.24) is 10.2 Å². The molecule has 28 heavy (non-hydrogen) atoms. The minimum Gasteiger partial charge on any atom is -0.462 e. The molecule has 0 aliphatic carbocycles. The maximum absolute atomic E-state index is 12.4. The van der Waals surface area contributed by atoms with E-state index in [1.54, 1.807) is 31.2 Å². The standard InChI is InChI=1S/C20H26N4O4/c1-2-28-20(26)17-6-3-4-7-18(17)23-19(25)16(14-21)15-22-8-5-9-24-10-12-27-13-11-24/h3-4,6-7,15,22H,2,5,8-13H2,1H3,(H,23,25)/b16-15-. The molecule has 0 saturated carbocycles. The van der Waals surface area contributed by atoms with Gasteiger partial charge in [-0.25, -0.2) is 4.79 Å². The number of carbonyl (C=O) groups excluding carboxylic acids is 2. The summed E-state index contributed by atoms with van der Waals surface area (Å²) in [6.07, 6.45) is 2.30. The second-order valence-electron chi connectivity index (χ2n) is 6.15. The summed E-state index contributed by atoms with van der Waals surface area (Å²) in [4.78, 5) is 26.7. The first-order valence-electron chi connectivity index (χ1n) is 9.37. The first kappa shape index (κ1) is 21.4. The van der Waals surface area contributed by atoms with Crippen molar-refractivity contribution in [2.45, 2.75) is 13.3 Å². The van der Waals surface area contributed by atoms with Gasteiger partial charge in [0.05, 0.1) is 31.1 Å². The average molecular weight is 386 g/mol. The Kier molecular flexibility index (Phi) is 8.98. The molecule has 2 rings (SSSR count). The summed E-state index contributed by atoms with van der Waals surface area (Å²) in [5, 5.41) is 14.9. The summed E-state index contributed by atoms with van der Waals surface area (Å²) >= 11 is 0. The van der Waals surface area contributed by atoms with Crippen LogP contribution in [0.15, 0.2) is 36.0 Å². The zero-order valence-electron chi connectivity index (χ0n) is 16.1. The van der Waals surface area contributed by atoms with Crippen molar-refractivity contribution >= 4 is 17.6 Å². The van der Waals surface area contributed by atoms with Crippen LogP contribution in [0, 0.1) is 11.3 Å². The van der Waals surface area contributed by atoms with Gasteiger partial charge >= 0.3 is 5.97 Å². The highest BCUT2D eigenvalue weighted by Gasteiger charge is 2.16. The van der Waals surface area contributed by atoms with Gasteiger partial charge in [0.2, 0.25) is 0 Å². The number of nitriles is 1. The summed E-state index contributed by atoms with van der Waals surface area (Å²) in [5.41, 5.74) is 0.484. The third kappa shape index (κ3) is 6.68. The second kappa shape index (κ2) is 11.7. The molecule has 1 saturated heterocycles. The number of nitrogens with zero attached hydrogens (tertiary/aromatic N) is 2. The van der Waals surface area contributed by atoms with Gasteiger partial charge in [0.25, 0.3) is 5.91 Å². The fraction of sp³-hybridized carbons (Fsp3) is 0.450. The van der Waals surface area contributed by atoms with Crippen LogP contribution < -0.4 is 10.6 Å². The lowest BCUT2D eigenvalue weighted by atomic mass is 10.1. The normalized spacial score (nSPS) is 14.8. The van der Waals surface area contributed by atoms with E-state index in [9.17, 15) is 14.9 Å². The van der Waals surface area contributed by atoms with E-state index in [1.165, 1.54) is 6.20 Å². The molecule has 0 radical (unpaired) electrons. The van der Waals surface area contributed by atoms with E-state index >= 15 is 0 Å². The van der Waals surface area contributed by atoms with Gasteiger partial charge in [-0.05, 0) is 32.0 Å². The van der Waals surface area contributed by atoms with E-state index in [4.69, 9.17) is 9.47 Å². The van der Waals surface area contributed by atoms with Gasteiger partial charge in [-0.2, -0.15) is 5.26 Å². The van der Waals surface area contributed by atoms with Crippen LogP contribution in [0.5, 0.6) is 0 Å². The minimum atomic E-state index is -0.583. The van der Waals surface area contributed by atoms with Gasteiger partial charge in [0.15, 0.2) is 0 Å². The Labute approximate surface area is 165 Å². The number of benzene rings is 1. The van der Waals surface area contributed by atoms with E-state index in [0.717, 1.165) is 39.3 Å². The number of morpholine rings is 1. The van der Waals surface area contributed by atoms with Gasteiger partial charge in [-0.3, -0.25) is 9.69 Å². The number of esters is 1. The Bertz CT molecular complexity index is 736. The predicted octanol–water partition coefficient (Wildman–Crippen LogP) is 1.52. The number of nitrogens with one attached hydrogen (secondary N) is 2. The number of anilines is 1. The maximum atomic E-state index is 12.4. The van der Waals surface area contributed by atoms with Crippen LogP contribution in [0.1, 0.15) is 23.7 Å². The molecule has 1 aliphatic rings. The number of rotatable bonds is 9. The smallest absolute Gasteiger partial charge is 0.340 e. The highest BCUT2D eigenvalue weighted by atomic mass is 16.5. The first-order valence-corrected chi connectivity index (χ1v) is 9.37. The number of ether oxygens (including phenoxy) is 2. The highest BCUT2D eigenvalue weighted by Crippen LogP contribution is 2.17. The summed E-state index contributed by atoms with van der Waals surface area (Å²) < 4.78 is 10.3. The molecule has 1 aromatic rings. The average Bonchev–Trinajstić information content (AvgIpc) is 2.72. The van der Waals surface area contributed by atoms with Crippen molar-refractivity contribution in [2.24, 2.45) is 0 Å². The van der Waals surface area contributed by atoms with Crippen molar-refractivity contribution < 1.29 is 19.1 Å². The van der Waals surface area contributed by atoms with Crippen LogP contribution in [0.25, 0.3) is 0 Å². The summed E-state index contributed by atoms with van der Waals surface area (Å²) in [6.45, 7) is 6.92. The molecule has 150 valence electrons. The van der Waals surface area contributed by atoms with Gasteiger partial charge in [0, 0.05) is 25.8 Å². The van der Waals surface area contributed by atoms with Crippen molar-refractivity contribution in [3.63, 3.8) is 0 Å². The maximum Gasteiger partial charge on any atom is 0.340 e. The quantitative estimate of drug-likeness (QED) is 0.287.